The molecule has 3 aromatic carbocycles. The Morgan fingerprint density at radius 3 is 2.53 bits per heavy atom. The van der Waals surface area contributed by atoms with Crippen LogP contribution in [0.5, 0.6) is 0 Å². The number of fused-ring (bicyclic) bond motifs is 2. The standard InChI is InChI=1S/C25H25N3OS/c29-25(13-12-24-26-22-10-3-4-11-23(22)30-24)28-16-14-27(15-17-28)18-20-8-5-7-19-6-1-2-9-21(19)20/h1-11H,12-18H2. The van der Waals surface area contributed by atoms with Crippen molar-refractivity contribution in [2.75, 3.05) is 26.2 Å². The van der Waals surface area contributed by atoms with E-state index in [1.165, 1.54) is 21.0 Å². The van der Waals surface area contributed by atoms with E-state index in [4.69, 9.17) is 0 Å². The number of carbonyl (C=O) groups is 1. The zero-order valence-electron chi connectivity index (χ0n) is 17.0. The van der Waals surface area contributed by atoms with E-state index in [0.717, 1.165) is 49.7 Å². The number of aryl methyl sites for hydroxylation is 1. The van der Waals surface area contributed by atoms with Crippen LogP contribution in [0.4, 0.5) is 0 Å². The molecule has 5 rings (SSSR count). The molecule has 0 radical (unpaired) electrons. The molecule has 1 aliphatic rings. The summed E-state index contributed by atoms with van der Waals surface area (Å²) in [6.07, 6.45) is 1.28. The van der Waals surface area contributed by atoms with Gasteiger partial charge in [0, 0.05) is 45.6 Å². The molecule has 1 saturated heterocycles. The van der Waals surface area contributed by atoms with E-state index in [2.05, 4.69) is 58.4 Å². The molecule has 0 atom stereocenters. The zero-order valence-corrected chi connectivity index (χ0v) is 17.8. The number of rotatable bonds is 5. The number of hydrogen-bond donors (Lipinski definition) is 0. The number of piperazine rings is 1. The molecule has 1 fully saturated rings. The highest BCUT2D eigenvalue weighted by Gasteiger charge is 2.21. The summed E-state index contributed by atoms with van der Waals surface area (Å²) in [6.45, 7) is 4.41. The molecule has 5 heteroatoms. The van der Waals surface area contributed by atoms with Gasteiger partial charge in [0.1, 0.15) is 0 Å². The van der Waals surface area contributed by atoms with Crippen molar-refractivity contribution in [1.29, 1.82) is 0 Å². The lowest BCUT2D eigenvalue weighted by Gasteiger charge is -2.35. The summed E-state index contributed by atoms with van der Waals surface area (Å²) in [7, 11) is 0. The minimum atomic E-state index is 0.249. The highest BCUT2D eigenvalue weighted by atomic mass is 32.1. The third-order valence-corrected chi connectivity index (χ3v) is 6.99. The molecule has 1 aliphatic heterocycles. The summed E-state index contributed by atoms with van der Waals surface area (Å²) in [4.78, 5) is 21.8. The Balaban J connectivity index is 1.15. The second kappa shape index (κ2) is 8.54. The quantitative estimate of drug-likeness (QED) is 0.473. The largest absolute Gasteiger partial charge is 0.340 e. The van der Waals surface area contributed by atoms with Crippen molar-refractivity contribution in [3.63, 3.8) is 0 Å². The van der Waals surface area contributed by atoms with E-state index in [1.807, 2.05) is 23.1 Å². The number of carbonyl (C=O) groups excluding carboxylic acids is 1. The van der Waals surface area contributed by atoms with Crippen LogP contribution in [0, 0.1) is 0 Å². The first-order chi connectivity index (χ1) is 14.8. The molecule has 4 nitrogen and oxygen atoms in total. The third kappa shape index (κ3) is 4.09. The van der Waals surface area contributed by atoms with Crippen molar-refractivity contribution in [2.24, 2.45) is 0 Å². The highest BCUT2D eigenvalue weighted by molar-refractivity contribution is 7.18. The zero-order chi connectivity index (χ0) is 20.3. The molecule has 1 aromatic heterocycles. The third-order valence-electron chi connectivity index (χ3n) is 5.89. The number of aromatic nitrogens is 1. The number of amides is 1. The molecule has 30 heavy (non-hydrogen) atoms. The maximum atomic E-state index is 12.7. The molecule has 152 valence electrons. The van der Waals surface area contributed by atoms with Crippen LogP contribution in [0.15, 0.2) is 66.7 Å². The van der Waals surface area contributed by atoms with Crippen LogP contribution in [0.25, 0.3) is 21.0 Å². The van der Waals surface area contributed by atoms with E-state index >= 15 is 0 Å². The fraction of sp³-hybridized carbons (Fsp3) is 0.280. The van der Waals surface area contributed by atoms with Gasteiger partial charge in [0.15, 0.2) is 0 Å². The van der Waals surface area contributed by atoms with Gasteiger partial charge in [-0.1, -0.05) is 54.6 Å². The van der Waals surface area contributed by atoms with Crippen molar-refractivity contribution in [1.82, 2.24) is 14.8 Å². The average molecular weight is 416 g/mol. The number of hydrogen-bond acceptors (Lipinski definition) is 4. The highest BCUT2D eigenvalue weighted by Crippen LogP contribution is 2.23. The van der Waals surface area contributed by atoms with Gasteiger partial charge in [0.05, 0.1) is 15.2 Å². The number of benzene rings is 3. The molecule has 0 N–H and O–H groups in total. The molecule has 1 amide bonds. The molecule has 0 spiro atoms. The van der Waals surface area contributed by atoms with Gasteiger partial charge in [0.25, 0.3) is 0 Å². The Labute approximate surface area is 180 Å². The van der Waals surface area contributed by atoms with E-state index in [0.29, 0.717) is 6.42 Å². The van der Waals surface area contributed by atoms with Crippen molar-refractivity contribution in [2.45, 2.75) is 19.4 Å². The smallest absolute Gasteiger partial charge is 0.223 e. The Morgan fingerprint density at radius 2 is 1.67 bits per heavy atom. The minimum absolute atomic E-state index is 0.249. The van der Waals surface area contributed by atoms with Crippen LogP contribution in [-0.2, 0) is 17.8 Å². The van der Waals surface area contributed by atoms with Crippen LogP contribution in [-0.4, -0.2) is 46.9 Å². The Bertz CT molecular complexity index is 1140. The molecule has 0 aliphatic carbocycles. The summed E-state index contributed by atoms with van der Waals surface area (Å²) in [5.74, 6) is 0.249. The summed E-state index contributed by atoms with van der Waals surface area (Å²) in [5, 5.41) is 3.67. The number of para-hydroxylation sites is 1. The number of nitrogens with zero attached hydrogens (tertiary/aromatic N) is 3. The van der Waals surface area contributed by atoms with Crippen molar-refractivity contribution >= 4 is 38.2 Å². The molecule has 4 aromatic rings. The Kier molecular flexibility index (Phi) is 5.47. The van der Waals surface area contributed by atoms with Gasteiger partial charge in [-0.3, -0.25) is 9.69 Å². The number of thiazole rings is 1. The molecule has 2 heterocycles. The maximum Gasteiger partial charge on any atom is 0.223 e. The van der Waals surface area contributed by atoms with Gasteiger partial charge >= 0.3 is 0 Å². The molecule has 0 unspecified atom stereocenters. The first kappa shape index (κ1) is 19.2. The second-order valence-electron chi connectivity index (χ2n) is 7.87. The van der Waals surface area contributed by atoms with Crippen LogP contribution < -0.4 is 0 Å². The van der Waals surface area contributed by atoms with Gasteiger partial charge < -0.3 is 4.90 Å². The summed E-state index contributed by atoms with van der Waals surface area (Å²) >= 11 is 1.70. The molecule has 0 saturated carbocycles. The Morgan fingerprint density at radius 1 is 0.900 bits per heavy atom. The van der Waals surface area contributed by atoms with Crippen molar-refractivity contribution in [3.8, 4) is 0 Å². The minimum Gasteiger partial charge on any atom is -0.340 e. The van der Waals surface area contributed by atoms with Gasteiger partial charge in [-0.05, 0) is 28.5 Å². The van der Waals surface area contributed by atoms with Crippen molar-refractivity contribution in [3.05, 3.63) is 77.3 Å². The molecule has 0 bridgehead atoms. The fourth-order valence-electron chi connectivity index (χ4n) is 4.23. The fourth-order valence-corrected chi connectivity index (χ4v) is 5.19. The lowest BCUT2D eigenvalue weighted by Crippen LogP contribution is -2.48. The summed E-state index contributed by atoms with van der Waals surface area (Å²) < 4.78 is 1.20. The van der Waals surface area contributed by atoms with Crippen LogP contribution >= 0.6 is 11.3 Å². The van der Waals surface area contributed by atoms with Crippen LogP contribution in [0.1, 0.15) is 17.0 Å². The predicted octanol–water partition coefficient (Wildman–Crippen LogP) is 4.73. The first-order valence-electron chi connectivity index (χ1n) is 10.6. The summed E-state index contributed by atoms with van der Waals surface area (Å²) in [6, 6.07) is 23.3. The lowest BCUT2D eigenvalue weighted by molar-refractivity contribution is -0.133. The predicted molar refractivity (Wildman–Crippen MR) is 124 cm³/mol. The second-order valence-corrected chi connectivity index (χ2v) is 8.99. The molecular weight excluding hydrogens is 390 g/mol. The van der Waals surface area contributed by atoms with Gasteiger partial charge in [-0.25, -0.2) is 4.98 Å². The Hall–Kier alpha value is -2.76. The maximum absolute atomic E-state index is 12.7. The molecular formula is C25H25N3OS. The van der Waals surface area contributed by atoms with Crippen LogP contribution in [0.3, 0.4) is 0 Å². The van der Waals surface area contributed by atoms with E-state index in [1.54, 1.807) is 11.3 Å². The van der Waals surface area contributed by atoms with E-state index < -0.39 is 0 Å². The monoisotopic (exact) mass is 415 g/mol. The SMILES string of the molecule is O=C(CCc1nc2ccccc2s1)N1CCN(Cc2cccc3ccccc23)CC1. The van der Waals surface area contributed by atoms with E-state index in [-0.39, 0.29) is 5.91 Å². The normalized spacial score (nSPS) is 15.1. The topological polar surface area (TPSA) is 36.4 Å². The van der Waals surface area contributed by atoms with Crippen LogP contribution in [0.2, 0.25) is 0 Å². The summed E-state index contributed by atoms with van der Waals surface area (Å²) in [5.41, 5.74) is 2.40. The van der Waals surface area contributed by atoms with Crippen molar-refractivity contribution < 1.29 is 4.79 Å². The van der Waals surface area contributed by atoms with E-state index in [9.17, 15) is 4.79 Å². The lowest BCUT2D eigenvalue weighted by atomic mass is 10.0. The van der Waals surface area contributed by atoms with Gasteiger partial charge in [-0.2, -0.15) is 0 Å². The first-order valence-corrected chi connectivity index (χ1v) is 11.4. The van der Waals surface area contributed by atoms with Gasteiger partial charge in [0.2, 0.25) is 5.91 Å². The average Bonchev–Trinajstić information content (AvgIpc) is 3.21. The van der Waals surface area contributed by atoms with Gasteiger partial charge in [-0.15, -0.1) is 11.3 Å².